The van der Waals surface area contributed by atoms with E-state index in [1.807, 2.05) is 56.3 Å². The van der Waals surface area contributed by atoms with Crippen LogP contribution >= 0.6 is 0 Å². The van der Waals surface area contributed by atoms with Crippen molar-refractivity contribution in [3.63, 3.8) is 0 Å². The number of nitrogen functional groups attached to an aromatic ring is 1. The number of pyridine rings is 1. The minimum Gasteiger partial charge on any atom is -0.319 e. The van der Waals surface area contributed by atoms with E-state index in [0.29, 0.717) is 18.2 Å². The van der Waals surface area contributed by atoms with Crippen molar-refractivity contribution in [1.82, 2.24) is 24.6 Å². The van der Waals surface area contributed by atoms with Crippen molar-refractivity contribution in [3.05, 3.63) is 64.3 Å². The lowest BCUT2D eigenvalue weighted by Crippen LogP contribution is -2.46. The molecule has 1 aliphatic heterocycles. The van der Waals surface area contributed by atoms with Crippen molar-refractivity contribution in [1.29, 1.82) is 0 Å². The van der Waals surface area contributed by atoms with E-state index < -0.39 is 0 Å². The summed E-state index contributed by atoms with van der Waals surface area (Å²) in [6.07, 6.45) is 2.22. The molecule has 1 atom stereocenters. The highest BCUT2D eigenvalue weighted by molar-refractivity contribution is 5.88. The summed E-state index contributed by atoms with van der Waals surface area (Å²) in [7, 11) is 2.11. The number of aromatic amines is 1. The predicted octanol–water partition coefficient (Wildman–Crippen LogP) is 2.33. The van der Waals surface area contributed by atoms with Gasteiger partial charge in [0.15, 0.2) is 0 Å². The van der Waals surface area contributed by atoms with Crippen LogP contribution < -0.4 is 15.8 Å². The van der Waals surface area contributed by atoms with Crippen molar-refractivity contribution in [3.8, 4) is 22.4 Å². The first-order chi connectivity index (χ1) is 15.4. The van der Waals surface area contributed by atoms with Crippen molar-refractivity contribution in [2.75, 3.05) is 19.3 Å². The number of hydrogen-bond acceptors (Lipinski definition) is 5. The number of fused-ring (bicyclic) bond motifs is 1. The SMILES string of the molecule is Cc1cc(-c2c(-c3ccccc3)nc(N)[n+]3c(=O)n(C[C@@H]4CCCN4C)[nH]c23)cc(C)n1. The lowest BCUT2D eigenvalue weighted by Gasteiger charge is -2.17. The molecule has 1 saturated heterocycles. The van der Waals surface area contributed by atoms with Crippen molar-refractivity contribution >= 4 is 11.6 Å². The monoisotopic (exact) mass is 430 g/mol. The minimum atomic E-state index is -0.200. The fourth-order valence-electron chi connectivity index (χ4n) is 4.76. The van der Waals surface area contributed by atoms with Gasteiger partial charge in [-0.3, -0.25) is 4.98 Å². The fourth-order valence-corrected chi connectivity index (χ4v) is 4.76. The number of nitrogens with one attached hydrogen (secondary N) is 1. The Kier molecular flexibility index (Phi) is 5.01. The van der Waals surface area contributed by atoms with Gasteiger partial charge in [-0.05, 0) is 58.0 Å². The molecule has 32 heavy (non-hydrogen) atoms. The zero-order chi connectivity index (χ0) is 22.4. The van der Waals surface area contributed by atoms with Gasteiger partial charge in [0.05, 0.1) is 12.1 Å². The van der Waals surface area contributed by atoms with Crippen LogP contribution in [-0.2, 0) is 6.54 Å². The van der Waals surface area contributed by atoms with E-state index in [2.05, 4.69) is 22.0 Å². The lowest BCUT2D eigenvalue weighted by molar-refractivity contribution is -0.516. The Bertz CT molecular complexity index is 1340. The largest absolute Gasteiger partial charge is 0.428 e. The molecule has 4 aromatic rings. The Morgan fingerprint density at radius 3 is 2.50 bits per heavy atom. The summed E-state index contributed by atoms with van der Waals surface area (Å²) in [5.41, 5.74) is 12.1. The molecular weight excluding hydrogens is 402 g/mol. The standard InChI is InChI=1S/C24H27N7O/c1-15-12-18(13-16(2)26-15)20-21(17-8-5-4-6-9-17)27-23(25)31-22(20)28-30(24(31)32)14-19-10-7-11-29(19)3/h4-6,8-9,12-13,19H,7,10-11,14H2,1-3H3,(H2,25,26,27,28)/p+1/t19-/m0/s1. The highest BCUT2D eigenvalue weighted by atomic mass is 16.2. The molecule has 0 bridgehead atoms. The number of likely N-dealkylation sites (N-methyl/N-ethyl adjacent to an activating group) is 1. The molecule has 0 aliphatic carbocycles. The summed E-state index contributed by atoms with van der Waals surface area (Å²) < 4.78 is 3.15. The third kappa shape index (κ3) is 3.46. The van der Waals surface area contributed by atoms with Crippen LogP contribution in [0.1, 0.15) is 24.2 Å². The molecule has 0 saturated carbocycles. The zero-order valence-electron chi connectivity index (χ0n) is 18.7. The molecular formula is C24H28N7O+. The van der Waals surface area contributed by atoms with Crippen LogP contribution in [0.4, 0.5) is 5.95 Å². The van der Waals surface area contributed by atoms with Crippen LogP contribution in [0.25, 0.3) is 28.0 Å². The average Bonchev–Trinajstić information content (AvgIpc) is 3.31. The summed E-state index contributed by atoms with van der Waals surface area (Å²) >= 11 is 0. The molecule has 164 valence electrons. The molecule has 0 amide bonds. The van der Waals surface area contributed by atoms with Crippen LogP contribution in [-0.4, -0.2) is 44.3 Å². The Labute approximate surface area is 186 Å². The number of nitrogens with two attached hydrogens (primary N) is 1. The molecule has 1 aliphatic rings. The maximum atomic E-state index is 13.4. The van der Waals surface area contributed by atoms with Gasteiger partial charge in [-0.25, -0.2) is 9.89 Å². The Morgan fingerprint density at radius 1 is 1.12 bits per heavy atom. The molecule has 3 N–H and O–H groups in total. The first-order valence-electron chi connectivity index (χ1n) is 11.0. The maximum absolute atomic E-state index is 13.4. The fraction of sp³-hybridized carbons (Fsp3) is 0.333. The van der Waals surface area contributed by atoms with Crippen molar-refractivity contribution < 1.29 is 4.40 Å². The summed E-state index contributed by atoms with van der Waals surface area (Å²) in [5, 5.41) is 3.37. The van der Waals surface area contributed by atoms with Gasteiger partial charge in [-0.15, -0.1) is 9.38 Å². The van der Waals surface area contributed by atoms with Gasteiger partial charge in [-0.2, -0.15) is 4.68 Å². The molecule has 1 aromatic carbocycles. The van der Waals surface area contributed by atoms with Crippen LogP contribution in [0, 0.1) is 13.8 Å². The van der Waals surface area contributed by atoms with Gasteiger partial charge in [0.25, 0.3) is 0 Å². The summed E-state index contributed by atoms with van der Waals surface area (Å²) in [4.78, 5) is 24.9. The Morgan fingerprint density at radius 2 is 1.84 bits per heavy atom. The maximum Gasteiger partial charge on any atom is 0.428 e. The Hall–Kier alpha value is -3.52. The molecule has 0 radical (unpaired) electrons. The van der Waals surface area contributed by atoms with E-state index in [1.54, 1.807) is 4.68 Å². The number of aryl methyl sites for hydroxylation is 2. The number of likely N-dealkylation sites (tertiary alicyclic amines) is 1. The average molecular weight is 431 g/mol. The highest BCUT2D eigenvalue weighted by Crippen LogP contribution is 2.33. The zero-order valence-corrected chi connectivity index (χ0v) is 18.7. The topological polar surface area (TPSA) is 96.9 Å². The van der Waals surface area contributed by atoms with E-state index in [9.17, 15) is 4.79 Å². The number of nitrogens with zero attached hydrogens (tertiary/aromatic N) is 5. The molecule has 3 aromatic heterocycles. The molecule has 8 nitrogen and oxygen atoms in total. The van der Waals surface area contributed by atoms with E-state index in [1.165, 1.54) is 4.40 Å². The predicted molar refractivity (Wildman–Crippen MR) is 124 cm³/mol. The smallest absolute Gasteiger partial charge is 0.319 e. The second-order valence-electron chi connectivity index (χ2n) is 8.66. The number of H-pyrrole nitrogens is 1. The van der Waals surface area contributed by atoms with E-state index in [0.717, 1.165) is 53.2 Å². The number of hydrogen-bond donors (Lipinski definition) is 2. The number of benzene rings is 1. The second-order valence-corrected chi connectivity index (χ2v) is 8.66. The lowest BCUT2D eigenvalue weighted by atomic mass is 9.99. The van der Waals surface area contributed by atoms with E-state index in [4.69, 9.17) is 10.7 Å². The van der Waals surface area contributed by atoms with Crippen molar-refractivity contribution in [2.24, 2.45) is 0 Å². The molecule has 0 spiro atoms. The third-order valence-electron chi connectivity index (χ3n) is 6.30. The summed E-state index contributed by atoms with van der Waals surface area (Å²) in [6, 6.07) is 14.3. The van der Waals surface area contributed by atoms with E-state index >= 15 is 0 Å². The van der Waals surface area contributed by atoms with Crippen LogP contribution in [0.5, 0.6) is 0 Å². The van der Waals surface area contributed by atoms with Gasteiger partial charge in [0, 0.05) is 23.0 Å². The van der Waals surface area contributed by atoms with E-state index in [-0.39, 0.29) is 11.6 Å². The number of anilines is 1. The highest BCUT2D eigenvalue weighted by Gasteiger charge is 2.29. The van der Waals surface area contributed by atoms with Gasteiger partial charge in [-0.1, -0.05) is 30.3 Å². The van der Waals surface area contributed by atoms with Crippen LogP contribution in [0.3, 0.4) is 0 Å². The molecule has 4 heterocycles. The molecule has 1 fully saturated rings. The van der Waals surface area contributed by atoms with Gasteiger partial charge >= 0.3 is 11.6 Å². The van der Waals surface area contributed by atoms with Crippen LogP contribution in [0.15, 0.2) is 47.3 Å². The van der Waals surface area contributed by atoms with Crippen LogP contribution in [0.2, 0.25) is 0 Å². The number of rotatable bonds is 4. The van der Waals surface area contributed by atoms with Gasteiger partial charge in [0.2, 0.25) is 5.65 Å². The normalized spacial score (nSPS) is 16.8. The molecule has 0 unspecified atom stereocenters. The first kappa shape index (κ1) is 20.4. The van der Waals surface area contributed by atoms with Gasteiger partial charge < -0.3 is 10.6 Å². The second kappa shape index (κ2) is 7.87. The molecule has 5 rings (SSSR count). The Balaban J connectivity index is 1.80. The quantitative estimate of drug-likeness (QED) is 0.485. The van der Waals surface area contributed by atoms with Gasteiger partial charge in [0.1, 0.15) is 5.69 Å². The third-order valence-corrected chi connectivity index (χ3v) is 6.30. The summed E-state index contributed by atoms with van der Waals surface area (Å²) in [5.74, 6) is 0.171. The summed E-state index contributed by atoms with van der Waals surface area (Å²) in [6.45, 7) is 5.58. The first-order valence-corrected chi connectivity index (χ1v) is 11.0. The van der Waals surface area contributed by atoms with Crippen molar-refractivity contribution in [2.45, 2.75) is 39.3 Å². The number of aromatic nitrogens is 5. The minimum absolute atomic E-state index is 0.171. The molecule has 8 heteroatoms.